The molecule has 3 rings (SSSR count). The molecular formula is C19H19Cl2Zr. The molecule has 22 heavy (non-hydrogen) atoms. The Hall–Kier alpha value is -0.357. The first-order valence-electron chi connectivity index (χ1n) is 7.31. The second-order valence-corrected chi connectivity index (χ2v) is 9.19. The van der Waals surface area contributed by atoms with E-state index >= 15 is 0 Å². The molecule has 2 aromatic carbocycles. The van der Waals surface area contributed by atoms with Gasteiger partial charge in [-0.1, -0.05) is 54.1 Å². The molecule has 113 valence electrons. The van der Waals surface area contributed by atoms with Crippen LogP contribution < -0.4 is 0 Å². The van der Waals surface area contributed by atoms with Crippen LogP contribution >= 0.6 is 17.0 Å². The molecule has 0 N–H and O–H groups in total. The van der Waals surface area contributed by atoms with Gasteiger partial charge < -0.3 is 0 Å². The van der Waals surface area contributed by atoms with Gasteiger partial charge in [-0.15, -0.1) is 0 Å². The number of hydrogen-bond acceptors (Lipinski definition) is 0. The summed E-state index contributed by atoms with van der Waals surface area (Å²) in [6, 6.07) is 15.3. The summed E-state index contributed by atoms with van der Waals surface area (Å²) in [5.41, 5.74) is 8.49. The van der Waals surface area contributed by atoms with E-state index in [1.54, 1.807) is 0 Å². The number of benzene rings is 2. The fourth-order valence-electron chi connectivity index (χ4n) is 2.79. The van der Waals surface area contributed by atoms with E-state index in [0.29, 0.717) is 0 Å². The molecule has 0 spiro atoms. The summed E-state index contributed by atoms with van der Waals surface area (Å²) < 4.78 is 0. The van der Waals surface area contributed by atoms with E-state index < -0.39 is 20.8 Å². The van der Waals surface area contributed by atoms with Gasteiger partial charge in [0.15, 0.2) is 0 Å². The van der Waals surface area contributed by atoms with Crippen molar-refractivity contribution in [3.05, 3.63) is 82.3 Å². The predicted molar refractivity (Wildman–Crippen MR) is 93.8 cm³/mol. The minimum atomic E-state index is -0.826. The summed E-state index contributed by atoms with van der Waals surface area (Å²) in [5, 5.41) is 0. The van der Waals surface area contributed by atoms with Gasteiger partial charge in [0.2, 0.25) is 0 Å². The molecule has 0 unspecified atom stereocenters. The first kappa shape index (κ1) is 18.0. The summed E-state index contributed by atoms with van der Waals surface area (Å²) in [7, 11) is 9.87. The molecule has 0 heterocycles. The van der Waals surface area contributed by atoms with Gasteiger partial charge in [0.1, 0.15) is 0 Å². The van der Waals surface area contributed by atoms with Crippen molar-refractivity contribution < 1.29 is 20.8 Å². The van der Waals surface area contributed by atoms with E-state index in [0.717, 1.165) is 12.8 Å². The number of rotatable bonds is 3. The fraction of sp³-hybridized carbons (Fsp3) is 0.211. The summed E-state index contributed by atoms with van der Waals surface area (Å²) in [5.74, 6) is 0. The van der Waals surface area contributed by atoms with Crippen molar-refractivity contribution in [1.82, 2.24) is 0 Å². The Morgan fingerprint density at radius 3 is 2.23 bits per heavy atom. The average Bonchev–Trinajstić information content (AvgIpc) is 2.91. The number of aryl methyl sites for hydroxylation is 3. The standard InChI is InChI=1S/C19H19.2ClH.Zr/c1-14-12-18-15(2)8-10-17(19(18)13-14)11-9-16-6-4-3-5-7-16;;;/h3-8,10,12-13H,9,11H2,1-2H3;2*1H;/q;;;+2/p-2. The molecule has 0 saturated carbocycles. The van der Waals surface area contributed by atoms with Gasteiger partial charge in [0, 0.05) is 6.42 Å². The van der Waals surface area contributed by atoms with E-state index in [1.807, 2.05) is 0 Å². The average molecular weight is 409 g/mol. The fourth-order valence-corrected chi connectivity index (χ4v) is 2.79. The molecule has 0 fully saturated rings. The van der Waals surface area contributed by atoms with Crippen molar-refractivity contribution in [2.45, 2.75) is 26.7 Å². The SMILES string of the molecule is CC1=Cc2c(CCc3ccccc3)ccc(C)c2[CH]1.[Cl][Zr][Cl]. The molecule has 0 atom stereocenters. The van der Waals surface area contributed by atoms with Gasteiger partial charge in [0.25, 0.3) is 0 Å². The van der Waals surface area contributed by atoms with Crippen molar-refractivity contribution in [3.63, 3.8) is 0 Å². The Bertz CT molecular complexity index is 648. The number of fused-ring (bicyclic) bond motifs is 1. The maximum atomic E-state index is 4.93. The predicted octanol–water partition coefficient (Wildman–Crippen LogP) is 6.13. The zero-order valence-electron chi connectivity index (χ0n) is 12.9. The molecule has 1 aliphatic rings. The molecule has 1 aliphatic carbocycles. The van der Waals surface area contributed by atoms with Crippen LogP contribution in [0.3, 0.4) is 0 Å². The summed E-state index contributed by atoms with van der Waals surface area (Å²) in [4.78, 5) is 0. The van der Waals surface area contributed by atoms with E-state index in [4.69, 9.17) is 17.0 Å². The van der Waals surface area contributed by atoms with Crippen molar-refractivity contribution in [1.29, 1.82) is 0 Å². The van der Waals surface area contributed by atoms with E-state index in [-0.39, 0.29) is 0 Å². The van der Waals surface area contributed by atoms with Crippen LogP contribution in [-0.4, -0.2) is 0 Å². The summed E-state index contributed by atoms with van der Waals surface area (Å²) in [6.07, 6.45) is 6.85. The first-order valence-corrected chi connectivity index (χ1v) is 13.6. The molecule has 0 nitrogen and oxygen atoms in total. The van der Waals surface area contributed by atoms with Gasteiger partial charge in [-0.3, -0.25) is 0 Å². The second kappa shape index (κ2) is 9.06. The molecule has 0 bridgehead atoms. The molecule has 0 aromatic heterocycles. The number of hydrogen-bond donors (Lipinski definition) is 0. The third-order valence-electron chi connectivity index (χ3n) is 3.87. The molecule has 0 aliphatic heterocycles. The minimum absolute atomic E-state index is 0.826. The van der Waals surface area contributed by atoms with Crippen LogP contribution in [0, 0.1) is 13.3 Å². The van der Waals surface area contributed by atoms with Crippen LogP contribution in [-0.2, 0) is 33.7 Å². The van der Waals surface area contributed by atoms with Gasteiger partial charge in [-0.25, -0.2) is 0 Å². The summed E-state index contributed by atoms with van der Waals surface area (Å²) in [6.45, 7) is 4.38. The normalized spacial score (nSPS) is 12.1. The third kappa shape index (κ3) is 4.82. The molecule has 2 aromatic rings. The molecular weight excluding hydrogens is 390 g/mol. The van der Waals surface area contributed by atoms with E-state index in [9.17, 15) is 0 Å². The van der Waals surface area contributed by atoms with E-state index in [1.165, 1.54) is 33.4 Å². The third-order valence-corrected chi connectivity index (χ3v) is 3.87. The van der Waals surface area contributed by atoms with Crippen molar-refractivity contribution in [2.24, 2.45) is 0 Å². The molecule has 0 amide bonds. The Morgan fingerprint density at radius 2 is 1.55 bits per heavy atom. The zero-order chi connectivity index (χ0) is 15.9. The van der Waals surface area contributed by atoms with E-state index in [2.05, 4.69) is 68.8 Å². The van der Waals surface area contributed by atoms with Crippen LogP contribution in [0.5, 0.6) is 0 Å². The summed E-state index contributed by atoms with van der Waals surface area (Å²) >= 11 is -0.826. The van der Waals surface area contributed by atoms with Crippen molar-refractivity contribution in [3.8, 4) is 0 Å². The Morgan fingerprint density at radius 1 is 0.864 bits per heavy atom. The van der Waals surface area contributed by atoms with Crippen molar-refractivity contribution in [2.75, 3.05) is 0 Å². The second-order valence-electron chi connectivity index (χ2n) is 5.46. The monoisotopic (exact) mass is 407 g/mol. The Kier molecular flexibility index (Phi) is 7.41. The van der Waals surface area contributed by atoms with Crippen molar-refractivity contribution >= 4 is 23.1 Å². The van der Waals surface area contributed by atoms with Gasteiger partial charge >= 0.3 is 37.9 Å². The zero-order valence-corrected chi connectivity index (χ0v) is 16.8. The molecule has 0 saturated heterocycles. The van der Waals surface area contributed by atoms with Crippen LogP contribution in [0.1, 0.15) is 34.7 Å². The maximum absolute atomic E-state index is 4.93. The molecule has 1 radical (unpaired) electrons. The van der Waals surface area contributed by atoms with Crippen LogP contribution in [0.4, 0.5) is 0 Å². The first-order chi connectivity index (χ1) is 10.7. The van der Waals surface area contributed by atoms with Crippen LogP contribution in [0.2, 0.25) is 0 Å². The topological polar surface area (TPSA) is 0 Å². The quantitative estimate of drug-likeness (QED) is 0.572. The van der Waals surface area contributed by atoms with Gasteiger partial charge in [-0.05, 0) is 54.5 Å². The Balaban J connectivity index is 0.000000545. The number of allylic oxidation sites excluding steroid dienone is 1. The molecule has 3 heteroatoms. The Labute approximate surface area is 152 Å². The van der Waals surface area contributed by atoms with Crippen LogP contribution in [0.15, 0.2) is 48.0 Å². The van der Waals surface area contributed by atoms with Gasteiger partial charge in [0.05, 0.1) is 0 Å². The number of halogens is 2. The van der Waals surface area contributed by atoms with Gasteiger partial charge in [-0.2, -0.15) is 0 Å². The van der Waals surface area contributed by atoms with Crippen LogP contribution in [0.25, 0.3) is 6.08 Å².